The molecular formula is C27H32N4O4S. The number of hydrogen-bond donors (Lipinski definition) is 3. The predicted molar refractivity (Wildman–Crippen MR) is 138 cm³/mol. The summed E-state index contributed by atoms with van der Waals surface area (Å²) in [6, 6.07) is 16.0. The molecule has 1 unspecified atom stereocenters. The molecule has 0 amide bonds. The quantitative estimate of drug-likeness (QED) is 0.312. The van der Waals surface area contributed by atoms with Crippen LogP contribution in [-0.2, 0) is 26.7 Å². The van der Waals surface area contributed by atoms with E-state index in [1.165, 1.54) is 56.1 Å². The fourth-order valence-corrected chi connectivity index (χ4v) is 5.63. The third-order valence-electron chi connectivity index (χ3n) is 6.66. The summed E-state index contributed by atoms with van der Waals surface area (Å²) >= 11 is 0. The molecule has 1 aliphatic carbocycles. The minimum absolute atomic E-state index is 0.0668. The molecule has 3 N–H and O–H groups in total. The van der Waals surface area contributed by atoms with Crippen molar-refractivity contribution in [3.05, 3.63) is 83.8 Å². The van der Waals surface area contributed by atoms with E-state index in [-0.39, 0.29) is 11.4 Å². The fraction of sp³-hybridized carbons (Fsp3) is 0.370. The van der Waals surface area contributed by atoms with Crippen LogP contribution in [0.4, 0.5) is 5.82 Å². The van der Waals surface area contributed by atoms with Gasteiger partial charge in [0.15, 0.2) is 0 Å². The minimum Gasteiger partial charge on any atom is -0.480 e. The van der Waals surface area contributed by atoms with Crippen LogP contribution >= 0.6 is 0 Å². The van der Waals surface area contributed by atoms with Gasteiger partial charge in [0.1, 0.15) is 17.3 Å². The molecule has 4 rings (SSSR count). The normalized spacial score (nSPS) is 15.2. The molecule has 36 heavy (non-hydrogen) atoms. The number of aromatic nitrogens is 2. The maximum atomic E-state index is 13.1. The molecule has 2 aromatic heterocycles. The van der Waals surface area contributed by atoms with Crippen molar-refractivity contribution in [2.24, 2.45) is 0 Å². The van der Waals surface area contributed by atoms with Crippen molar-refractivity contribution < 1.29 is 18.3 Å². The Morgan fingerprint density at radius 1 is 1.11 bits per heavy atom. The van der Waals surface area contributed by atoms with Crippen LogP contribution in [0.2, 0.25) is 0 Å². The van der Waals surface area contributed by atoms with E-state index in [0.29, 0.717) is 23.3 Å². The third-order valence-corrected chi connectivity index (χ3v) is 8.12. The molecular weight excluding hydrogens is 476 g/mol. The highest BCUT2D eigenvalue weighted by atomic mass is 32.2. The number of unbranched alkanes of at least 4 members (excludes halogenated alkanes) is 1. The van der Waals surface area contributed by atoms with Crippen LogP contribution < -0.4 is 10.0 Å². The van der Waals surface area contributed by atoms with Crippen molar-refractivity contribution in [2.75, 3.05) is 11.9 Å². The molecule has 0 spiro atoms. The number of anilines is 1. The van der Waals surface area contributed by atoms with Crippen molar-refractivity contribution in [1.29, 1.82) is 0 Å². The number of aliphatic carboxylic acids is 1. The van der Waals surface area contributed by atoms with Gasteiger partial charge in [-0.1, -0.05) is 50.1 Å². The van der Waals surface area contributed by atoms with E-state index < -0.39 is 22.0 Å². The highest BCUT2D eigenvalue weighted by molar-refractivity contribution is 7.89. The zero-order valence-electron chi connectivity index (χ0n) is 20.4. The highest BCUT2D eigenvalue weighted by Gasteiger charge is 2.43. The largest absolute Gasteiger partial charge is 0.480 e. The van der Waals surface area contributed by atoms with Crippen molar-refractivity contribution in [3.63, 3.8) is 0 Å². The fourth-order valence-electron chi connectivity index (χ4n) is 4.46. The Balaban J connectivity index is 1.59. The van der Waals surface area contributed by atoms with Crippen LogP contribution in [0, 0.1) is 0 Å². The van der Waals surface area contributed by atoms with E-state index in [4.69, 9.17) is 5.11 Å². The second-order valence-corrected chi connectivity index (χ2v) is 11.1. The summed E-state index contributed by atoms with van der Waals surface area (Å²) in [4.78, 5) is 19.4. The lowest BCUT2D eigenvalue weighted by Crippen LogP contribution is -2.31. The summed E-state index contributed by atoms with van der Waals surface area (Å²) in [6.45, 7) is 1.93. The van der Waals surface area contributed by atoms with Crippen LogP contribution in [0.3, 0.4) is 0 Å². The number of carbonyl (C=O) groups is 1. The van der Waals surface area contributed by atoms with E-state index >= 15 is 0 Å². The van der Waals surface area contributed by atoms with Gasteiger partial charge in [-0.25, -0.2) is 18.1 Å². The van der Waals surface area contributed by atoms with Crippen molar-refractivity contribution in [1.82, 2.24) is 14.7 Å². The van der Waals surface area contributed by atoms with E-state index in [9.17, 15) is 13.2 Å². The molecule has 0 aliphatic heterocycles. The zero-order chi connectivity index (χ0) is 25.6. The maximum Gasteiger partial charge on any atom is 0.322 e. The Bertz CT molecular complexity index is 1280. The van der Waals surface area contributed by atoms with Gasteiger partial charge in [-0.3, -0.25) is 9.78 Å². The summed E-state index contributed by atoms with van der Waals surface area (Å²) in [5.41, 5.74) is 3.13. The molecule has 0 bridgehead atoms. The van der Waals surface area contributed by atoms with E-state index in [2.05, 4.69) is 51.2 Å². The second-order valence-electron chi connectivity index (χ2n) is 9.34. The van der Waals surface area contributed by atoms with Gasteiger partial charge in [-0.15, -0.1) is 0 Å². The summed E-state index contributed by atoms with van der Waals surface area (Å²) in [5, 5.41) is 11.7. The highest BCUT2D eigenvalue weighted by Crippen LogP contribution is 2.52. The topological polar surface area (TPSA) is 121 Å². The van der Waals surface area contributed by atoms with Gasteiger partial charge in [-0.2, -0.15) is 0 Å². The number of nitrogens with one attached hydrogen (secondary N) is 2. The number of sulfonamides is 1. The monoisotopic (exact) mass is 508 g/mol. The molecule has 1 atom stereocenters. The number of benzene rings is 1. The number of nitrogens with zero attached hydrogens (tertiary/aromatic N) is 2. The van der Waals surface area contributed by atoms with Crippen LogP contribution in [0.25, 0.3) is 0 Å². The molecule has 1 saturated carbocycles. The maximum absolute atomic E-state index is 13.1. The van der Waals surface area contributed by atoms with Gasteiger partial charge >= 0.3 is 5.97 Å². The van der Waals surface area contributed by atoms with Crippen molar-refractivity contribution >= 4 is 21.8 Å². The van der Waals surface area contributed by atoms with Crippen molar-refractivity contribution in [2.45, 2.75) is 61.8 Å². The molecule has 9 heteroatoms. The first kappa shape index (κ1) is 25.8. The number of carboxylic acid groups (broad SMARTS) is 1. The Hall–Kier alpha value is -3.30. The molecule has 1 aliphatic rings. The first-order valence-corrected chi connectivity index (χ1v) is 13.7. The predicted octanol–water partition coefficient (Wildman–Crippen LogP) is 4.46. The first-order valence-electron chi connectivity index (χ1n) is 12.3. The standard InChI is InChI=1S/C27H32N4O4S/c1-2-3-13-27(14-15-27)21-11-9-20(10-12-21)17-24(31-36(34,35)22-6-5-16-28-18-22)23-7-4-8-25(30-23)29-19-26(32)33/h4-12,16,18,24,31H,2-3,13-15,17,19H2,1H3,(H,29,30)(H,32,33). The van der Waals surface area contributed by atoms with E-state index in [1.54, 1.807) is 24.3 Å². The number of carboxylic acids is 1. The lowest BCUT2D eigenvalue weighted by molar-refractivity contribution is -0.134. The third kappa shape index (κ3) is 6.47. The average Bonchev–Trinajstić information content (AvgIpc) is 3.68. The molecule has 0 radical (unpaired) electrons. The Labute approximate surface area is 212 Å². The summed E-state index contributed by atoms with van der Waals surface area (Å²) in [6.07, 6.45) is 9.26. The van der Waals surface area contributed by atoms with Crippen LogP contribution in [0.15, 0.2) is 71.9 Å². The van der Waals surface area contributed by atoms with Crippen LogP contribution in [0.5, 0.6) is 0 Å². The van der Waals surface area contributed by atoms with Gasteiger partial charge in [0.25, 0.3) is 0 Å². The molecule has 1 fully saturated rings. The molecule has 8 nitrogen and oxygen atoms in total. The Morgan fingerprint density at radius 2 is 1.89 bits per heavy atom. The van der Waals surface area contributed by atoms with E-state index in [1.807, 2.05) is 0 Å². The summed E-state index contributed by atoms with van der Waals surface area (Å²) in [7, 11) is -3.87. The van der Waals surface area contributed by atoms with Crippen LogP contribution in [0.1, 0.15) is 61.9 Å². The second kappa shape index (κ2) is 11.2. The number of hydrogen-bond acceptors (Lipinski definition) is 6. The number of rotatable bonds is 13. The average molecular weight is 509 g/mol. The summed E-state index contributed by atoms with van der Waals surface area (Å²) < 4.78 is 29.0. The lowest BCUT2D eigenvalue weighted by atomic mass is 9.89. The Kier molecular flexibility index (Phi) is 8.01. The van der Waals surface area contributed by atoms with Gasteiger partial charge in [-0.05, 0) is 66.5 Å². The molecule has 1 aromatic carbocycles. The first-order chi connectivity index (χ1) is 17.3. The van der Waals surface area contributed by atoms with Gasteiger partial charge in [0.2, 0.25) is 10.0 Å². The summed E-state index contributed by atoms with van der Waals surface area (Å²) in [5.74, 6) is -0.647. The molecule has 0 saturated heterocycles. The smallest absolute Gasteiger partial charge is 0.322 e. The lowest BCUT2D eigenvalue weighted by Gasteiger charge is -2.20. The molecule has 190 valence electrons. The molecule has 3 aromatic rings. The van der Waals surface area contributed by atoms with E-state index in [0.717, 1.165) is 5.56 Å². The van der Waals surface area contributed by atoms with Gasteiger partial charge in [0, 0.05) is 12.4 Å². The minimum atomic E-state index is -3.87. The molecule has 2 heterocycles. The SMILES string of the molecule is CCCCC1(c2ccc(CC(NS(=O)(=O)c3cccnc3)c3cccc(NCC(=O)O)n3)cc2)CC1. The van der Waals surface area contributed by atoms with Crippen LogP contribution in [-0.4, -0.2) is 36.0 Å². The number of pyridine rings is 2. The van der Waals surface area contributed by atoms with Gasteiger partial charge in [0.05, 0.1) is 11.7 Å². The Morgan fingerprint density at radius 3 is 2.53 bits per heavy atom. The van der Waals surface area contributed by atoms with Gasteiger partial charge < -0.3 is 10.4 Å². The zero-order valence-corrected chi connectivity index (χ0v) is 21.2. The van der Waals surface area contributed by atoms with Crippen molar-refractivity contribution in [3.8, 4) is 0 Å².